The maximum Gasteiger partial charge on any atom is 0.268 e. The molecule has 0 saturated heterocycles. The number of rotatable bonds is 2. The highest BCUT2D eigenvalue weighted by atomic mass is 127. The van der Waals surface area contributed by atoms with Crippen molar-refractivity contribution in [2.24, 2.45) is 0 Å². The molecule has 0 aliphatic carbocycles. The SMILES string of the molecule is O=c1cc(I)cnn1Cc1ccc2ncccc2c1. The van der Waals surface area contributed by atoms with Crippen LogP contribution < -0.4 is 5.56 Å². The average molecular weight is 363 g/mol. The molecule has 0 fully saturated rings. The Morgan fingerprint density at radius 1 is 1.21 bits per heavy atom. The van der Waals surface area contributed by atoms with Crippen LogP contribution in [0.25, 0.3) is 10.9 Å². The molecule has 0 N–H and O–H groups in total. The molecule has 0 amide bonds. The number of aromatic nitrogens is 3. The van der Waals surface area contributed by atoms with Crippen molar-refractivity contribution in [2.75, 3.05) is 0 Å². The first-order valence-corrected chi connectivity index (χ1v) is 6.86. The Morgan fingerprint density at radius 3 is 2.95 bits per heavy atom. The number of hydrogen-bond acceptors (Lipinski definition) is 3. The van der Waals surface area contributed by atoms with E-state index in [-0.39, 0.29) is 5.56 Å². The molecule has 1 aromatic carbocycles. The fraction of sp³-hybridized carbons (Fsp3) is 0.0714. The van der Waals surface area contributed by atoms with Crippen LogP contribution in [-0.4, -0.2) is 14.8 Å². The van der Waals surface area contributed by atoms with Gasteiger partial charge in [0.15, 0.2) is 0 Å². The molecule has 2 aromatic heterocycles. The van der Waals surface area contributed by atoms with Gasteiger partial charge in [0.25, 0.3) is 5.56 Å². The van der Waals surface area contributed by atoms with Gasteiger partial charge in [-0.15, -0.1) is 0 Å². The summed E-state index contributed by atoms with van der Waals surface area (Å²) in [6.07, 6.45) is 3.46. The lowest BCUT2D eigenvalue weighted by atomic mass is 10.1. The third-order valence-electron chi connectivity index (χ3n) is 2.84. The van der Waals surface area contributed by atoms with Crippen LogP contribution in [0, 0.1) is 3.57 Å². The van der Waals surface area contributed by atoms with Crippen molar-refractivity contribution in [1.82, 2.24) is 14.8 Å². The van der Waals surface area contributed by atoms with E-state index in [4.69, 9.17) is 0 Å². The van der Waals surface area contributed by atoms with Gasteiger partial charge in [0.1, 0.15) is 0 Å². The molecule has 0 radical (unpaired) electrons. The highest BCUT2D eigenvalue weighted by molar-refractivity contribution is 14.1. The van der Waals surface area contributed by atoms with Gasteiger partial charge in [0.2, 0.25) is 0 Å². The summed E-state index contributed by atoms with van der Waals surface area (Å²) in [5.41, 5.74) is 1.91. The average Bonchev–Trinajstić information content (AvgIpc) is 2.42. The molecular formula is C14H10IN3O. The Labute approximate surface area is 123 Å². The Hall–Kier alpha value is -1.76. The van der Waals surface area contributed by atoms with Crippen LogP contribution in [0.5, 0.6) is 0 Å². The van der Waals surface area contributed by atoms with Gasteiger partial charge in [-0.05, 0) is 46.4 Å². The summed E-state index contributed by atoms with van der Waals surface area (Å²) >= 11 is 2.08. The van der Waals surface area contributed by atoms with Crippen molar-refractivity contribution in [3.63, 3.8) is 0 Å². The van der Waals surface area contributed by atoms with Crippen molar-refractivity contribution in [3.8, 4) is 0 Å². The first-order chi connectivity index (χ1) is 9.22. The monoisotopic (exact) mass is 363 g/mol. The second-order valence-corrected chi connectivity index (χ2v) is 5.45. The molecule has 0 unspecified atom stereocenters. The van der Waals surface area contributed by atoms with Crippen molar-refractivity contribution in [2.45, 2.75) is 6.54 Å². The standard InChI is InChI=1S/C14H10IN3O/c15-12-7-14(19)18(17-8-12)9-10-3-4-13-11(6-10)2-1-5-16-13/h1-8H,9H2. The Bertz CT molecular complexity index is 798. The van der Waals surface area contributed by atoms with E-state index in [1.807, 2.05) is 30.3 Å². The van der Waals surface area contributed by atoms with E-state index < -0.39 is 0 Å². The Morgan fingerprint density at radius 2 is 2.11 bits per heavy atom. The lowest BCUT2D eigenvalue weighted by Gasteiger charge is -2.05. The molecule has 19 heavy (non-hydrogen) atoms. The van der Waals surface area contributed by atoms with Gasteiger partial charge < -0.3 is 0 Å². The molecule has 3 rings (SSSR count). The summed E-state index contributed by atoms with van der Waals surface area (Å²) in [6.45, 7) is 0.473. The highest BCUT2D eigenvalue weighted by Crippen LogP contribution is 2.13. The molecule has 0 atom stereocenters. The number of halogens is 1. The minimum absolute atomic E-state index is 0.0850. The number of pyridine rings is 1. The number of benzene rings is 1. The molecule has 0 spiro atoms. The number of fused-ring (bicyclic) bond motifs is 1. The van der Waals surface area contributed by atoms with Gasteiger partial charge in [-0.1, -0.05) is 12.1 Å². The van der Waals surface area contributed by atoms with Crippen LogP contribution in [0.1, 0.15) is 5.56 Å². The van der Waals surface area contributed by atoms with E-state index >= 15 is 0 Å². The topological polar surface area (TPSA) is 47.8 Å². The second kappa shape index (κ2) is 5.08. The van der Waals surface area contributed by atoms with E-state index in [1.165, 1.54) is 4.68 Å². The molecule has 3 aromatic rings. The summed E-state index contributed by atoms with van der Waals surface area (Å²) in [4.78, 5) is 16.1. The predicted molar refractivity (Wildman–Crippen MR) is 82.1 cm³/mol. The van der Waals surface area contributed by atoms with Gasteiger partial charge in [-0.25, -0.2) is 4.68 Å². The number of nitrogens with zero attached hydrogens (tertiary/aromatic N) is 3. The maximum atomic E-state index is 11.8. The minimum atomic E-state index is -0.0850. The van der Waals surface area contributed by atoms with E-state index in [0.717, 1.165) is 20.0 Å². The van der Waals surface area contributed by atoms with Crippen LogP contribution in [0.15, 0.2) is 53.6 Å². The lowest BCUT2D eigenvalue weighted by Crippen LogP contribution is -2.22. The smallest absolute Gasteiger partial charge is 0.268 e. The first kappa shape index (κ1) is 12.3. The minimum Gasteiger partial charge on any atom is -0.268 e. The lowest BCUT2D eigenvalue weighted by molar-refractivity contribution is 0.637. The third kappa shape index (κ3) is 2.65. The largest absolute Gasteiger partial charge is 0.268 e. The van der Waals surface area contributed by atoms with Crippen LogP contribution in [0.2, 0.25) is 0 Å². The molecule has 0 aliphatic heterocycles. The molecule has 94 valence electrons. The van der Waals surface area contributed by atoms with E-state index in [0.29, 0.717) is 6.54 Å². The van der Waals surface area contributed by atoms with Crippen molar-refractivity contribution >= 4 is 33.5 Å². The zero-order valence-corrected chi connectivity index (χ0v) is 12.1. The Balaban J connectivity index is 1.99. The second-order valence-electron chi connectivity index (χ2n) is 4.20. The van der Waals surface area contributed by atoms with Gasteiger partial charge >= 0.3 is 0 Å². The summed E-state index contributed by atoms with van der Waals surface area (Å²) < 4.78 is 2.31. The van der Waals surface area contributed by atoms with Gasteiger partial charge in [-0.3, -0.25) is 9.78 Å². The third-order valence-corrected chi connectivity index (χ3v) is 3.43. The molecule has 0 aliphatic rings. The Kier molecular flexibility index (Phi) is 3.29. The van der Waals surface area contributed by atoms with Gasteiger partial charge in [0, 0.05) is 21.2 Å². The molecule has 0 saturated carbocycles. The fourth-order valence-electron chi connectivity index (χ4n) is 1.93. The molecule has 5 heteroatoms. The predicted octanol–water partition coefficient (Wildman–Crippen LogP) is 2.44. The van der Waals surface area contributed by atoms with Gasteiger partial charge in [-0.2, -0.15) is 5.10 Å². The summed E-state index contributed by atoms with van der Waals surface area (Å²) in [5, 5.41) is 5.20. The van der Waals surface area contributed by atoms with Crippen LogP contribution >= 0.6 is 22.6 Å². The van der Waals surface area contributed by atoms with E-state index in [1.54, 1.807) is 18.5 Å². The fourth-order valence-corrected chi connectivity index (χ4v) is 2.32. The molecular weight excluding hydrogens is 353 g/mol. The maximum absolute atomic E-state index is 11.8. The molecule has 4 nitrogen and oxygen atoms in total. The van der Waals surface area contributed by atoms with Crippen molar-refractivity contribution < 1.29 is 0 Å². The summed E-state index contributed by atoms with van der Waals surface area (Å²) in [7, 11) is 0. The summed E-state index contributed by atoms with van der Waals surface area (Å²) in [5.74, 6) is 0. The molecule has 0 bridgehead atoms. The zero-order chi connectivity index (χ0) is 13.2. The van der Waals surface area contributed by atoms with E-state index in [9.17, 15) is 4.79 Å². The van der Waals surface area contributed by atoms with Crippen molar-refractivity contribution in [1.29, 1.82) is 0 Å². The normalized spacial score (nSPS) is 10.8. The number of hydrogen-bond donors (Lipinski definition) is 0. The highest BCUT2D eigenvalue weighted by Gasteiger charge is 2.01. The van der Waals surface area contributed by atoms with Crippen LogP contribution in [0.3, 0.4) is 0 Å². The zero-order valence-electron chi connectivity index (χ0n) is 9.95. The quantitative estimate of drug-likeness (QED) is 0.658. The van der Waals surface area contributed by atoms with Crippen LogP contribution in [0.4, 0.5) is 0 Å². The van der Waals surface area contributed by atoms with Crippen LogP contribution in [-0.2, 0) is 6.54 Å². The van der Waals surface area contributed by atoms with Gasteiger partial charge in [0.05, 0.1) is 18.3 Å². The molecule has 2 heterocycles. The first-order valence-electron chi connectivity index (χ1n) is 5.79. The summed E-state index contributed by atoms with van der Waals surface area (Å²) in [6, 6.07) is 11.5. The van der Waals surface area contributed by atoms with E-state index in [2.05, 4.69) is 32.7 Å². The van der Waals surface area contributed by atoms with Crippen molar-refractivity contribution in [3.05, 3.63) is 68.3 Å².